The number of aliphatic carboxylic acids is 1. The maximum Gasteiger partial charge on any atom is 0.320 e. The number of nitrogens with one attached hydrogen (secondary N) is 1. The molecule has 5 heteroatoms. The Balaban J connectivity index is 3.31. The predicted octanol–water partition coefficient (Wildman–Crippen LogP) is -0.182. The van der Waals surface area contributed by atoms with Crippen LogP contribution in [0, 0.1) is 0 Å². The van der Waals surface area contributed by atoms with Crippen molar-refractivity contribution in [1.29, 1.82) is 0 Å². The van der Waals surface area contributed by atoms with Crippen LogP contribution in [0.4, 0.5) is 0 Å². The largest absolute Gasteiger partial charge is 0.480 e. The van der Waals surface area contributed by atoms with Gasteiger partial charge in [-0.2, -0.15) is 0 Å². The van der Waals surface area contributed by atoms with Gasteiger partial charge in [-0.15, -0.1) is 0 Å². The molecule has 2 unspecified atom stereocenters. The van der Waals surface area contributed by atoms with Crippen LogP contribution < -0.4 is 5.32 Å². The highest BCUT2D eigenvalue weighted by Gasteiger charge is 2.08. The minimum atomic E-state index is -0.854. The van der Waals surface area contributed by atoms with E-state index in [9.17, 15) is 9.00 Å². The Bertz CT molecular complexity index is 172. The first-order chi connectivity index (χ1) is 5.54. The maximum absolute atomic E-state index is 10.6. The molecule has 0 spiro atoms. The predicted molar refractivity (Wildman–Crippen MR) is 48.7 cm³/mol. The van der Waals surface area contributed by atoms with E-state index in [0.29, 0.717) is 12.3 Å². The van der Waals surface area contributed by atoms with Crippen LogP contribution in [-0.4, -0.2) is 39.9 Å². The van der Waals surface area contributed by atoms with E-state index in [1.807, 2.05) is 0 Å². The molecule has 0 fully saturated rings. The molecule has 0 aliphatic rings. The lowest BCUT2D eigenvalue weighted by molar-refractivity contribution is -0.138. The molecule has 2 N–H and O–H groups in total. The van der Waals surface area contributed by atoms with Gasteiger partial charge < -0.3 is 10.4 Å². The second-order valence-corrected chi connectivity index (χ2v) is 4.20. The van der Waals surface area contributed by atoms with Gasteiger partial charge in [0, 0.05) is 22.8 Å². The van der Waals surface area contributed by atoms with E-state index in [4.69, 9.17) is 5.11 Å². The molecule has 0 radical (unpaired) electrons. The van der Waals surface area contributed by atoms with Crippen molar-refractivity contribution in [1.82, 2.24) is 5.32 Å². The molecule has 72 valence electrons. The first-order valence-electron chi connectivity index (χ1n) is 3.80. The Morgan fingerprint density at radius 1 is 1.67 bits per heavy atom. The molecule has 0 heterocycles. The third-order valence-electron chi connectivity index (χ3n) is 1.43. The standard InChI is InChI=1S/C7H15NO3S/c1-6(7(9)10)8-4-3-5-12(2)11/h6,8H,3-5H2,1-2H3,(H,9,10). The maximum atomic E-state index is 10.6. The highest BCUT2D eigenvalue weighted by Crippen LogP contribution is 1.85. The van der Waals surface area contributed by atoms with Gasteiger partial charge in [-0.1, -0.05) is 0 Å². The zero-order chi connectivity index (χ0) is 9.56. The van der Waals surface area contributed by atoms with E-state index in [-0.39, 0.29) is 0 Å². The lowest BCUT2D eigenvalue weighted by Gasteiger charge is -2.07. The first kappa shape index (κ1) is 11.6. The summed E-state index contributed by atoms with van der Waals surface area (Å²) in [6.45, 7) is 2.19. The minimum Gasteiger partial charge on any atom is -0.480 e. The van der Waals surface area contributed by atoms with Crippen molar-refractivity contribution in [3.63, 3.8) is 0 Å². The van der Waals surface area contributed by atoms with Crippen LogP contribution in [-0.2, 0) is 15.6 Å². The SMILES string of the molecule is CC(NCCCS(C)=O)C(=O)O. The molecule has 0 bridgehead atoms. The van der Waals surface area contributed by atoms with Crippen molar-refractivity contribution in [2.75, 3.05) is 18.6 Å². The average Bonchev–Trinajstić information content (AvgIpc) is 1.97. The molecule has 2 atom stereocenters. The fourth-order valence-electron chi connectivity index (χ4n) is 0.681. The van der Waals surface area contributed by atoms with Crippen LogP contribution in [0.2, 0.25) is 0 Å². The molecular formula is C7H15NO3S. The monoisotopic (exact) mass is 193 g/mol. The van der Waals surface area contributed by atoms with Crippen LogP contribution in [0.5, 0.6) is 0 Å². The van der Waals surface area contributed by atoms with Crippen LogP contribution in [0.25, 0.3) is 0 Å². The quantitative estimate of drug-likeness (QED) is 0.574. The summed E-state index contributed by atoms with van der Waals surface area (Å²) in [6, 6.07) is -0.518. The molecule has 0 aromatic heterocycles. The van der Waals surface area contributed by atoms with E-state index < -0.39 is 22.8 Å². The van der Waals surface area contributed by atoms with Crippen LogP contribution in [0.1, 0.15) is 13.3 Å². The highest BCUT2D eigenvalue weighted by molar-refractivity contribution is 7.84. The number of rotatable bonds is 6. The van der Waals surface area contributed by atoms with Gasteiger partial charge in [0.2, 0.25) is 0 Å². The summed E-state index contributed by atoms with van der Waals surface area (Å²) >= 11 is 0. The molecule has 0 aliphatic heterocycles. The van der Waals surface area contributed by atoms with Crippen LogP contribution in [0.3, 0.4) is 0 Å². The topological polar surface area (TPSA) is 66.4 Å². The van der Waals surface area contributed by atoms with Gasteiger partial charge in [0.15, 0.2) is 0 Å². The zero-order valence-electron chi connectivity index (χ0n) is 7.37. The molecule has 12 heavy (non-hydrogen) atoms. The molecule has 4 nitrogen and oxygen atoms in total. The summed E-state index contributed by atoms with van der Waals surface area (Å²) in [5.41, 5.74) is 0. The van der Waals surface area contributed by atoms with Gasteiger partial charge >= 0.3 is 5.97 Å². The van der Waals surface area contributed by atoms with E-state index in [1.165, 1.54) is 0 Å². The smallest absolute Gasteiger partial charge is 0.320 e. The van der Waals surface area contributed by atoms with Crippen molar-refractivity contribution >= 4 is 16.8 Å². The number of carbonyl (C=O) groups is 1. The fourth-order valence-corrected chi connectivity index (χ4v) is 1.23. The molecule has 0 saturated carbocycles. The fraction of sp³-hybridized carbons (Fsp3) is 0.857. The van der Waals surface area contributed by atoms with E-state index in [1.54, 1.807) is 13.2 Å². The summed E-state index contributed by atoms with van der Waals surface area (Å²) in [4.78, 5) is 10.3. The van der Waals surface area contributed by atoms with Crippen molar-refractivity contribution in [2.24, 2.45) is 0 Å². The lowest BCUT2D eigenvalue weighted by atomic mass is 10.3. The summed E-state index contributed by atoms with van der Waals surface area (Å²) in [5, 5.41) is 11.3. The van der Waals surface area contributed by atoms with Crippen molar-refractivity contribution < 1.29 is 14.1 Å². The highest BCUT2D eigenvalue weighted by atomic mass is 32.2. The van der Waals surface area contributed by atoms with E-state index >= 15 is 0 Å². The summed E-state index contributed by atoms with van der Waals surface area (Å²) in [6.07, 6.45) is 2.39. The second kappa shape index (κ2) is 6.14. The summed E-state index contributed by atoms with van der Waals surface area (Å²) in [7, 11) is -0.778. The molecule has 0 aromatic carbocycles. The Labute approximate surface area is 74.8 Å². The number of hydrogen-bond acceptors (Lipinski definition) is 3. The second-order valence-electron chi connectivity index (χ2n) is 2.64. The van der Waals surface area contributed by atoms with Crippen molar-refractivity contribution in [3.05, 3.63) is 0 Å². The first-order valence-corrected chi connectivity index (χ1v) is 5.53. The average molecular weight is 193 g/mol. The van der Waals surface area contributed by atoms with Gasteiger partial charge in [-0.05, 0) is 19.9 Å². The molecule has 0 saturated heterocycles. The molecule has 0 aliphatic carbocycles. The Morgan fingerprint density at radius 2 is 2.25 bits per heavy atom. The molecular weight excluding hydrogens is 178 g/mol. The summed E-state index contributed by atoms with van der Waals surface area (Å²) in [5.74, 6) is -0.230. The van der Waals surface area contributed by atoms with Gasteiger partial charge in [0.25, 0.3) is 0 Å². The van der Waals surface area contributed by atoms with Gasteiger partial charge in [-0.25, -0.2) is 0 Å². The minimum absolute atomic E-state index is 0.518. The third kappa shape index (κ3) is 6.30. The summed E-state index contributed by atoms with van der Waals surface area (Å²) < 4.78 is 10.6. The number of hydrogen-bond donors (Lipinski definition) is 2. The Hall–Kier alpha value is -0.420. The molecule has 0 aromatic rings. The van der Waals surface area contributed by atoms with E-state index in [2.05, 4.69) is 5.32 Å². The van der Waals surface area contributed by atoms with Gasteiger partial charge in [0.1, 0.15) is 6.04 Å². The Morgan fingerprint density at radius 3 is 2.67 bits per heavy atom. The van der Waals surface area contributed by atoms with Crippen LogP contribution >= 0.6 is 0 Å². The van der Waals surface area contributed by atoms with Crippen LogP contribution in [0.15, 0.2) is 0 Å². The van der Waals surface area contributed by atoms with E-state index in [0.717, 1.165) is 6.42 Å². The third-order valence-corrected chi connectivity index (χ3v) is 2.29. The van der Waals surface area contributed by atoms with Crippen molar-refractivity contribution in [3.8, 4) is 0 Å². The normalized spacial score (nSPS) is 15.5. The molecule has 0 rings (SSSR count). The van der Waals surface area contributed by atoms with Gasteiger partial charge in [0.05, 0.1) is 0 Å². The molecule has 0 amide bonds. The zero-order valence-corrected chi connectivity index (χ0v) is 8.19. The number of carboxylic acids is 1. The lowest BCUT2D eigenvalue weighted by Crippen LogP contribution is -2.34. The Kier molecular flexibility index (Phi) is 5.92. The number of carboxylic acid groups (broad SMARTS) is 1. The van der Waals surface area contributed by atoms with Gasteiger partial charge in [-0.3, -0.25) is 9.00 Å². The van der Waals surface area contributed by atoms with Crippen molar-refractivity contribution in [2.45, 2.75) is 19.4 Å².